The van der Waals surface area contributed by atoms with Crippen LogP contribution in [-0.2, 0) is 10.2 Å². The Labute approximate surface area is 182 Å². The molecule has 3 N–H and O–H groups in total. The van der Waals surface area contributed by atoms with E-state index in [0.717, 1.165) is 50.9 Å². The molecule has 30 heavy (non-hydrogen) atoms. The first kappa shape index (κ1) is 24.5. The van der Waals surface area contributed by atoms with Crippen LogP contribution >= 0.6 is 0 Å². The molecule has 1 atom stereocenters. The van der Waals surface area contributed by atoms with Crippen LogP contribution in [0.2, 0.25) is 0 Å². The standard InChI is InChI=1S/C24H41N3O3/c1-6-25-22(27-17-24(11-13-28)12-14-29-18-24)26-16-23(4,5)20-7-9-21(10-8-20)30-15-19(2)3/h7-10,19,28H,6,11-18H2,1-5H3,(H2,25,26,27). The number of hydrogen-bond acceptors (Lipinski definition) is 4. The molecule has 1 unspecified atom stereocenters. The van der Waals surface area contributed by atoms with E-state index in [2.05, 4.69) is 57.4 Å². The highest BCUT2D eigenvalue weighted by Crippen LogP contribution is 2.31. The number of aliphatic imine (C=N–C) groups is 1. The second-order valence-electron chi connectivity index (χ2n) is 9.44. The summed E-state index contributed by atoms with van der Waals surface area (Å²) in [7, 11) is 0. The van der Waals surface area contributed by atoms with Gasteiger partial charge in [0.25, 0.3) is 0 Å². The smallest absolute Gasteiger partial charge is 0.191 e. The van der Waals surface area contributed by atoms with Crippen molar-refractivity contribution in [3.05, 3.63) is 29.8 Å². The summed E-state index contributed by atoms with van der Waals surface area (Å²) in [5, 5.41) is 16.3. The number of aliphatic hydroxyl groups is 1. The zero-order valence-electron chi connectivity index (χ0n) is 19.5. The maximum Gasteiger partial charge on any atom is 0.191 e. The molecule has 0 aliphatic carbocycles. The molecule has 1 heterocycles. The minimum Gasteiger partial charge on any atom is -0.493 e. The van der Waals surface area contributed by atoms with Gasteiger partial charge in [-0.2, -0.15) is 0 Å². The Morgan fingerprint density at radius 3 is 2.57 bits per heavy atom. The number of nitrogens with one attached hydrogen (secondary N) is 2. The minimum atomic E-state index is -0.0990. The predicted octanol–water partition coefficient (Wildman–Crippen LogP) is 3.34. The van der Waals surface area contributed by atoms with Gasteiger partial charge < -0.3 is 25.2 Å². The van der Waals surface area contributed by atoms with Gasteiger partial charge in [-0.15, -0.1) is 0 Å². The van der Waals surface area contributed by atoms with Crippen LogP contribution in [0.15, 0.2) is 29.3 Å². The first-order valence-corrected chi connectivity index (χ1v) is 11.2. The van der Waals surface area contributed by atoms with Gasteiger partial charge in [-0.3, -0.25) is 4.99 Å². The Hall–Kier alpha value is -1.79. The molecule has 1 aliphatic rings. The maximum absolute atomic E-state index is 9.44. The molecule has 1 aliphatic heterocycles. The van der Waals surface area contributed by atoms with Crippen LogP contribution in [0.25, 0.3) is 0 Å². The molecule has 1 aromatic carbocycles. The molecule has 1 aromatic rings. The lowest BCUT2D eigenvalue weighted by Gasteiger charge is -2.28. The topological polar surface area (TPSA) is 75.1 Å². The Kier molecular flexibility index (Phi) is 9.43. The van der Waals surface area contributed by atoms with Crippen molar-refractivity contribution in [1.29, 1.82) is 0 Å². The van der Waals surface area contributed by atoms with Gasteiger partial charge in [-0.25, -0.2) is 0 Å². The van der Waals surface area contributed by atoms with Gasteiger partial charge in [0.2, 0.25) is 0 Å². The summed E-state index contributed by atoms with van der Waals surface area (Å²) in [5.41, 5.74) is 1.13. The third kappa shape index (κ3) is 7.47. The SMILES string of the molecule is CCNC(=NCC(C)(C)c1ccc(OCC(C)C)cc1)NCC1(CCO)CCOC1. The van der Waals surface area contributed by atoms with E-state index >= 15 is 0 Å². The highest BCUT2D eigenvalue weighted by molar-refractivity contribution is 5.79. The largest absolute Gasteiger partial charge is 0.493 e. The van der Waals surface area contributed by atoms with Gasteiger partial charge in [0.1, 0.15) is 5.75 Å². The molecule has 0 aromatic heterocycles. The fraction of sp³-hybridized carbons (Fsp3) is 0.708. The van der Waals surface area contributed by atoms with Crippen molar-refractivity contribution in [1.82, 2.24) is 10.6 Å². The highest BCUT2D eigenvalue weighted by Gasteiger charge is 2.34. The number of benzene rings is 1. The lowest BCUT2D eigenvalue weighted by molar-refractivity contribution is 0.127. The highest BCUT2D eigenvalue weighted by atomic mass is 16.5. The second-order valence-corrected chi connectivity index (χ2v) is 9.44. The van der Waals surface area contributed by atoms with Crippen molar-refractivity contribution in [3.63, 3.8) is 0 Å². The number of rotatable bonds is 11. The molecule has 0 amide bonds. The molecular weight excluding hydrogens is 378 g/mol. The molecular formula is C24H41N3O3. The van der Waals surface area contributed by atoms with Crippen molar-refractivity contribution in [3.8, 4) is 5.75 Å². The fourth-order valence-electron chi connectivity index (χ4n) is 3.56. The van der Waals surface area contributed by atoms with Crippen LogP contribution < -0.4 is 15.4 Å². The van der Waals surface area contributed by atoms with E-state index in [0.29, 0.717) is 19.1 Å². The molecule has 2 rings (SSSR count). The Morgan fingerprint density at radius 1 is 1.27 bits per heavy atom. The predicted molar refractivity (Wildman–Crippen MR) is 123 cm³/mol. The summed E-state index contributed by atoms with van der Waals surface area (Å²) in [4.78, 5) is 4.86. The number of aliphatic hydroxyl groups excluding tert-OH is 1. The van der Waals surface area contributed by atoms with E-state index in [-0.39, 0.29) is 17.4 Å². The van der Waals surface area contributed by atoms with Crippen LogP contribution in [0.3, 0.4) is 0 Å². The van der Waals surface area contributed by atoms with Gasteiger partial charge in [0.15, 0.2) is 5.96 Å². The maximum atomic E-state index is 9.44. The van der Waals surface area contributed by atoms with E-state index in [4.69, 9.17) is 14.5 Å². The average Bonchev–Trinajstić information content (AvgIpc) is 3.18. The van der Waals surface area contributed by atoms with E-state index in [9.17, 15) is 5.11 Å². The second kappa shape index (κ2) is 11.6. The summed E-state index contributed by atoms with van der Waals surface area (Å²) >= 11 is 0. The van der Waals surface area contributed by atoms with E-state index in [1.54, 1.807) is 0 Å². The normalized spacial score (nSPS) is 19.9. The third-order valence-corrected chi connectivity index (χ3v) is 5.65. The molecule has 6 nitrogen and oxygen atoms in total. The summed E-state index contributed by atoms with van der Waals surface area (Å²) in [5.74, 6) is 2.24. The van der Waals surface area contributed by atoms with Crippen molar-refractivity contribution >= 4 is 5.96 Å². The van der Waals surface area contributed by atoms with Crippen molar-refractivity contribution in [2.24, 2.45) is 16.3 Å². The number of nitrogens with zero attached hydrogens (tertiary/aromatic N) is 1. The fourth-order valence-corrected chi connectivity index (χ4v) is 3.56. The summed E-state index contributed by atoms with van der Waals surface area (Å²) < 4.78 is 11.4. The molecule has 0 bridgehead atoms. The van der Waals surface area contributed by atoms with E-state index in [1.165, 1.54) is 5.56 Å². The Morgan fingerprint density at radius 2 is 2.00 bits per heavy atom. The molecule has 0 radical (unpaired) electrons. The van der Waals surface area contributed by atoms with Crippen molar-refractivity contribution in [2.45, 2.75) is 52.9 Å². The zero-order chi connectivity index (χ0) is 22.0. The third-order valence-electron chi connectivity index (χ3n) is 5.65. The van der Waals surface area contributed by atoms with Gasteiger partial charge in [0, 0.05) is 37.1 Å². The van der Waals surface area contributed by atoms with Crippen molar-refractivity contribution < 1.29 is 14.6 Å². The molecule has 0 saturated carbocycles. The molecule has 0 spiro atoms. The van der Waals surface area contributed by atoms with Crippen LogP contribution in [-0.4, -0.2) is 57.1 Å². The molecule has 170 valence electrons. The average molecular weight is 420 g/mol. The lowest BCUT2D eigenvalue weighted by atomic mass is 9.84. The molecule has 1 saturated heterocycles. The monoisotopic (exact) mass is 419 g/mol. The van der Waals surface area contributed by atoms with Crippen LogP contribution in [0, 0.1) is 11.3 Å². The van der Waals surface area contributed by atoms with E-state index < -0.39 is 0 Å². The van der Waals surface area contributed by atoms with Crippen LogP contribution in [0.1, 0.15) is 53.0 Å². The van der Waals surface area contributed by atoms with Gasteiger partial charge in [-0.05, 0) is 43.4 Å². The van der Waals surface area contributed by atoms with Gasteiger partial charge in [0.05, 0.1) is 19.8 Å². The summed E-state index contributed by atoms with van der Waals surface area (Å²) in [6, 6.07) is 8.37. The number of hydrogen-bond donors (Lipinski definition) is 3. The van der Waals surface area contributed by atoms with Crippen molar-refractivity contribution in [2.75, 3.05) is 46.1 Å². The molecule has 1 fully saturated rings. The zero-order valence-corrected chi connectivity index (χ0v) is 19.5. The Bertz CT molecular complexity index is 650. The number of guanidine groups is 1. The van der Waals surface area contributed by atoms with Crippen LogP contribution in [0.4, 0.5) is 0 Å². The first-order chi connectivity index (χ1) is 14.3. The lowest BCUT2D eigenvalue weighted by Crippen LogP contribution is -2.45. The van der Waals surface area contributed by atoms with Gasteiger partial charge in [-0.1, -0.05) is 39.8 Å². The van der Waals surface area contributed by atoms with Crippen LogP contribution in [0.5, 0.6) is 5.75 Å². The Balaban J connectivity index is 1.99. The van der Waals surface area contributed by atoms with Gasteiger partial charge >= 0.3 is 0 Å². The first-order valence-electron chi connectivity index (χ1n) is 11.2. The molecule has 6 heteroatoms. The van der Waals surface area contributed by atoms with E-state index in [1.807, 2.05) is 12.1 Å². The summed E-state index contributed by atoms with van der Waals surface area (Å²) in [6.45, 7) is 15.4. The quantitative estimate of drug-likeness (QED) is 0.379. The minimum absolute atomic E-state index is 0.00766. The summed E-state index contributed by atoms with van der Waals surface area (Å²) in [6.07, 6.45) is 1.72. The number of ether oxygens (including phenoxy) is 2.